The molecule has 2 aromatic rings. The second kappa shape index (κ2) is 10.3. The predicted octanol–water partition coefficient (Wildman–Crippen LogP) is 3.87. The van der Waals surface area contributed by atoms with Gasteiger partial charge in [0.05, 0.1) is 5.75 Å². The van der Waals surface area contributed by atoms with E-state index in [1.807, 2.05) is 24.3 Å². The maximum absolute atomic E-state index is 12.6. The summed E-state index contributed by atoms with van der Waals surface area (Å²) in [4.78, 5) is 35.7. The average molecular weight is 495 g/mol. The highest BCUT2D eigenvalue weighted by Gasteiger charge is 2.50. The van der Waals surface area contributed by atoms with Gasteiger partial charge in [0.15, 0.2) is 0 Å². The van der Waals surface area contributed by atoms with Crippen molar-refractivity contribution in [1.29, 1.82) is 0 Å². The molecule has 0 aromatic heterocycles. The first-order valence-corrected chi connectivity index (χ1v) is 13.4. The van der Waals surface area contributed by atoms with Gasteiger partial charge in [-0.3, -0.25) is 9.59 Å². The van der Waals surface area contributed by atoms with Crippen molar-refractivity contribution in [2.45, 2.75) is 31.2 Å². The number of rotatable bonds is 9. The number of carboxylic acid groups (broad SMARTS) is 1. The summed E-state index contributed by atoms with van der Waals surface area (Å²) in [5.74, 6) is 0.604. The number of hydrogen-bond donors (Lipinski definition) is 3. The van der Waals surface area contributed by atoms with Crippen LogP contribution in [0.4, 0.5) is 4.79 Å². The molecule has 2 aromatic carbocycles. The van der Waals surface area contributed by atoms with E-state index in [1.165, 1.54) is 34.0 Å². The Balaban J connectivity index is 1.07. The third-order valence-electron chi connectivity index (χ3n) is 7.61. The van der Waals surface area contributed by atoms with Gasteiger partial charge in [-0.15, -0.1) is 11.8 Å². The molecule has 0 bridgehead atoms. The molecule has 3 aliphatic rings. The molecule has 2 fully saturated rings. The summed E-state index contributed by atoms with van der Waals surface area (Å²) in [5.41, 5.74) is 4.79. The standard InChI is InChI=1S/C27H30N2O5S/c30-25(31)15-35-10-9-28-26(32)17-11-16-13-24(22(16)12-17)29-27(33)34-14-23-20-7-3-1-5-18(20)19-6-2-4-8-21(19)23/h1-8,16-17,22-24H,9-15H2,(H,28,32)(H,29,33)(H,30,31)/t16-,17?,22-,24+/m0/s1. The molecule has 2 amide bonds. The summed E-state index contributed by atoms with van der Waals surface area (Å²) in [7, 11) is 0. The summed E-state index contributed by atoms with van der Waals surface area (Å²) in [6.07, 6.45) is 2.11. The smallest absolute Gasteiger partial charge is 0.407 e. The van der Waals surface area contributed by atoms with Gasteiger partial charge < -0.3 is 20.5 Å². The van der Waals surface area contributed by atoms with Crippen LogP contribution in [0.3, 0.4) is 0 Å². The van der Waals surface area contributed by atoms with Crippen LogP contribution in [0.2, 0.25) is 0 Å². The van der Waals surface area contributed by atoms with Crippen LogP contribution in [0.5, 0.6) is 0 Å². The molecule has 8 heteroatoms. The molecule has 3 aliphatic carbocycles. The molecule has 0 aliphatic heterocycles. The third-order valence-corrected chi connectivity index (χ3v) is 8.56. The number of amides is 2. The van der Waals surface area contributed by atoms with Crippen molar-refractivity contribution in [2.24, 2.45) is 17.8 Å². The normalized spacial score (nSPS) is 24.0. The highest BCUT2D eigenvalue weighted by molar-refractivity contribution is 7.99. The van der Waals surface area contributed by atoms with Gasteiger partial charge in [-0.1, -0.05) is 48.5 Å². The van der Waals surface area contributed by atoms with Crippen molar-refractivity contribution in [3.05, 3.63) is 59.7 Å². The summed E-state index contributed by atoms with van der Waals surface area (Å²) >= 11 is 1.30. The van der Waals surface area contributed by atoms with Crippen molar-refractivity contribution in [3.8, 4) is 11.1 Å². The van der Waals surface area contributed by atoms with Crippen molar-refractivity contribution >= 4 is 29.7 Å². The number of fused-ring (bicyclic) bond motifs is 4. The van der Waals surface area contributed by atoms with E-state index in [-0.39, 0.29) is 29.5 Å². The van der Waals surface area contributed by atoms with Crippen LogP contribution in [-0.2, 0) is 14.3 Å². The minimum Gasteiger partial charge on any atom is -0.481 e. The molecule has 0 spiro atoms. The molecule has 0 radical (unpaired) electrons. The number of thioether (sulfide) groups is 1. The number of nitrogens with one attached hydrogen (secondary N) is 2. The lowest BCUT2D eigenvalue weighted by atomic mass is 9.71. The van der Waals surface area contributed by atoms with E-state index in [2.05, 4.69) is 34.9 Å². The molecular weight excluding hydrogens is 464 g/mol. The Kier molecular flexibility index (Phi) is 7.00. The largest absolute Gasteiger partial charge is 0.481 e. The fourth-order valence-corrected chi connectivity index (χ4v) is 6.51. The molecule has 184 valence electrons. The molecule has 7 nitrogen and oxygen atoms in total. The van der Waals surface area contributed by atoms with E-state index in [1.54, 1.807) is 0 Å². The van der Waals surface area contributed by atoms with Gasteiger partial charge in [0, 0.05) is 30.2 Å². The van der Waals surface area contributed by atoms with Gasteiger partial charge in [0.25, 0.3) is 0 Å². The lowest BCUT2D eigenvalue weighted by Gasteiger charge is -2.40. The number of alkyl carbamates (subject to hydrolysis) is 1. The summed E-state index contributed by atoms with van der Waals surface area (Å²) in [6.45, 7) is 0.773. The lowest BCUT2D eigenvalue weighted by Crippen LogP contribution is -2.50. The number of carboxylic acids is 1. The number of carbonyl (C=O) groups is 3. The Hall–Kier alpha value is -3.00. The maximum atomic E-state index is 12.6. The first kappa shape index (κ1) is 23.7. The van der Waals surface area contributed by atoms with Gasteiger partial charge >= 0.3 is 12.1 Å². The van der Waals surface area contributed by atoms with Crippen LogP contribution < -0.4 is 10.6 Å². The van der Waals surface area contributed by atoms with Gasteiger partial charge in [-0.2, -0.15) is 0 Å². The SMILES string of the molecule is O=C(O)CSCCNC(=O)C1C[C@H]2C[C@@H](NC(=O)OCC3c4ccccc4-c4ccccc43)[C@H]2C1. The average Bonchev–Trinajstić information content (AvgIpc) is 3.36. The number of ether oxygens (including phenoxy) is 1. The number of benzene rings is 2. The zero-order valence-corrected chi connectivity index (χ0v) is 20.3. The van der Waals surface area contributed by atoms with E-state index in [9.17, 15) is 14.4 Å². The summed E-state index contributed by atoms with van der Waals surface area (Å²) < 4.78 is 5.69. The third kappa shape index (κ3) is 5.03. The van der Waals surface area contributed by atoms with E-state index in [4.69, 9.17) is 9.84 Å². The molecule has 2 saturated carbocycles. The first-order chi connectivity index (χ1) is 17.0. The highest BCUT2D eigenvalue weighted by Crippen LogP contribution is 2.50. The van der Waals surface area contributed by atoms with Crippen molar-refractivity contribution in [1.82, 2.24) is 10.6 Å². The van der Waals surface area contributed by atoms with Crippen LogP contribution in [0.25, 0.3) is 11.1 Å². The maximum Gasteiger partial charge on any atom is 0.407 e. The number of carbonyl (C=O) groups excluding carboxylic acids is 2. The Morgan fingerprint density at radius 3 is 2.34 bits per heavy atom. The summed E-state index contributed by atoms with van der Waals surface area (Å²) in [6, 6.07) is 16.6. The van der Waals surface area contributed by atoms with E-state index >= 15 is 0 Å². The fraction of sp³-hybridized carbons (Fsp3) is 0.444. The highest BCUT2D eigenvalue weighted by atomic mass is 32.2. The molecule has 0 heterocycles. The van der Waals surface area contributed by atoms with E-state index in [0.29, 0.717) is 30.7 Å². The second-order valence-corrected chi connectivity index (χ2v) is 10.7. The minimum absolute atomic E-state index is 0.0372. The Morgan fingerprint density at radius 2 is 1.66 bits per heavy atom. The van der Waals surface area contributed by atoms with Crippen molar-refractivity contribution in [3.63, 3.8) is 0 Å². The lowest BCUT2D eigenvalue weighted by molar-refractivity contribution is -0.134. The van der Waals surface area contributed by atoms with Crippen LogP contribution >= 0.6 is 11.8 Å². The first-order valence-electron chi connectivity index (χ1n) is 12.2. The Bertz CT molecular complexity index is 1080. The van der Waals surface area contributed by atoms with Crippen molar-refractivity contribution < 1.29 is 24.2 Å². The monoisotopic (exact) mass is 494 g/mol. The summed E-state index contributed by atoms with van der Waals surface area (Å²) in [5, 5.41) is 14.6. The van der Waals surface area contributed by atoms with E-state index in [0.717, 1.165) is 19.3 Å². The molecule has 4 atom stereocenters. The van der Waals surface area contributed by atoms with Gasteiger partial charge in [0.2, 0.25) is 5.91 Å². The van der Waals surface area contributed by atoms with Crippen LogP contribution in [-0.4, -0.2) is 53.8 Å². The second-order valence-electron chi connectivity index (χ2n) is 9.64. The molecular formula is C27H30N2O5S. The van der Waals surface area contributed by atoms with E-state index < -0.39 is 12.1 Å². The van der Waals surface area contributed by atoms with Crippen molar-refractivity contribution in [2.75, 3.05) is 24.7 Å². The zero-order valence-electron chi connectivity index (χ0n) is 19.4. The molecule has 5 rings (SSSR count). The predicted molar refractivity (Wildman–Crippen MR) is 134 cm³/mol. The molecule has 3 N–H and O–H groups in total. The van der Waals surface area contributed by atoms with Crippen LogP contribution in [0, 0.1) is 17.8 Å². The van der Waals surface area contributed by atoms with Gasteiger partial charge in [-0.05, 0) is 53.4 Å². The molecule has 1 unspecified atom stereocenters. The van der Waals surface area contributed by atoms with Gasteiger partial charge in [-0.25, -0.2) is 4.79 Å². The van der Waals surface area contributed by atoms with Crippen LogP contribution in [0.15, 0.2) is 48.5 Å². The molecule has 0 saturated heterocycles. The topological polar surface area (TPSA) is 105 Å². The fourth-order valence-electron chi connectivity index (χ4n) is 5.95. The number of hydrogen-bond acceptors (Lipinski definition) is 5. The Labute approximate surface area is 209 Å². The minimum atomic E-state index is -0.844. The Morgan fingerprint density at radius 1 is 0.971 bits per heavy atom. The van der Waals surface area contributed by atoms with Crippen LogP contribution in [0.1, 0.15) is 36.3 Å². The molecule has 35 heavy (non-hydrogen) atoms. The zero-order chi connectivity index (χ0) is 24.4. The van der Waals surface area contributed by atoms with Gasteiger partial charge in [0.1, 0.15) is 6.61 Å². The number of aliphatic carboxylic acids is 1. The quantitative estimate of drug-likeness (QED) is 0.457.